The first-order valence-electron chi connectivity index (χ1n) is 20.8. The molecule has 0 radical (unpaired) electrons. The van der Waals surface area contributed by atoms with Gasteiger partial charge in [0.05, 0.1) is 32.8 Å². The Balaban J connectivity index is 1.34. The lowest BCUT2D eigenvalue weighted by Crippen LogP contribution is -2.67. The Kier molecular flexibility index (Phi) is 17.7. The first-order valence-corrected chi connectivity index (χ1v) is 20.8. The van der Waals surface area contributed by atoms with Crippen LogP contribution in [0.4, 0.5) is 0 Å². The largest absolute Gasteiger partial charge is 0.463 e. The van der Waals surface area contributed by atoms with Crippen molar-refractivity contribution in [2.24, 2.45) is 0 Å². The van der Waals surface area contributed by atoms with Crippen LogP contribution in [0, 0.1) is 0 Å². The molecule has 0 unspecified atom stereocenters. The third-order valence-corrected chi connectivity index (χ3v) is 10.3. The van der Waals surface area contributed by atoms with Gasteiger partial charge in [-0.25, -0.2) is 0 Å². The number of esters is 3. The Morgan fingerprint density at radius 3 is 1.43 bits per heavy atom. The van der Waals surface area contributed by atoms with E-state index < -0.39 is 91.8 Å². The zero-order valence-electron chi connectivity index (χ0n) is 35.8. The van der Waals surface area contributed by atoms with Crippen LogP contribution in [0.1, 0.15) is 43.0 Å². The number of rotatable bonds is 20. The van der Waals surface area contributed by atoms with Crippen LogP contribution >= 0.6 is 0 Å². The summed E-state index contributed by atoms with van der Waals surface area (Å²) in [4.78, 5) is 51.0. The van der Waals surface area contributed by atoms with Gasteiger partial charge in [0.2, 0.25) is 5.91 Å². The van der Waals surface area contributed by atoms with Gasteiger partial charge in [0, 0.05) is 27.9 Å². The second kappa shape index (κ2) is 23.8. The normalized spacial score (nSPS) is 25.7. The van der Waals surface area contributed by atoms with Gasteiger partial charge in [-0.15, -0.1) is 0 Å². The summed E-state index contributed by atoms with van der Waals surface area (Å²) in [6.45, 7) is 3.50. The van der Waals surface area contributed by atoms with Gasteiger partial charge in [-0.2, -0.15) is 0 Å². The predicted molar refractivity (Wildman–Crippen MR) is 225 cm³/mol. The smallest absolute Gasteiger partial charge is 0.303 e. The fourth-order valence-corrected chi connectivity index (χ4v) is 7.48. The molecule has 2 saturated heterocycles. The maximum atomic E-state index is 13.7. The second-order valence-electron chi connectivity index (χ2n) is 15.1. The van der Waals surface area contributed by atoms with Gasteiger partial charge in [-0.3, -0.25) is 19.2 Å². The van der Waals surface area contributed by atoms with Gasteiger partial charge in [-0.1, -0.05) is 121 Å². The Morgan fingerprint density at radius 2 is 0.937 bits per heavy atom. The molecule has 2 fully saturated rings. The monoisotopic (exact) mass is 869 g/mol. The fourth-order valence-electron chi connectivity index (χ4n) is 7.48. The molecule has 15 heteroatoms. The van der Waals surface area contributed by atoms with Crippen LogP contribution in [-0.4, -0.2) is 105 Å². The van der Waals surface area contributed by atoms with E-state index in [-0.39, 0.29) is 32.8 Å². The third-order valence-electron chi connectivity index (χ3n) is 10.3. The lowest BCUT2D eigenvalue weighted by Gasteiger charge is -2.47. The summed E-state index contributed by atoms with van der Waals surface area (Å²) < 4.78 is 62.3. The molecule has 0 spiro atoms. The summed E-state index contributed by atoms with van der Waals surface area (Å²) in [6, 6.07) is 36.7. The molecular formula is C48H55NO14. The quantitative estimate of drug-likeness (QED) is 0.0928. The number of amides is 1. The molecule has 336 valence electrons. The summed E-state index contributed by atoms with van der Waals surface area (Å²) in [5.74, 6) is -2.57. The average molecular weight is 870 g/mol. The van der Waals surface area contributed by atoms with Crippen molar-refractivity contribution >= 4 is 23.8 Å². The maximum Gasteiger partial charge on any atom is 0.303 e. The highest BCUT2D eigenvalue weighted by molar-refractivity contribution is 5.79. The SMILES string of the molecule is CO[C@H]1O[C@H](CO[C@@H]2O[C@H](COC(C)=O)[C@@H](OC(C)=O)[C@H](OC(C)=O)[C@H]2NC(=O)Cc2ccccc2)[C@@H](OCc2ccccc2)[C@H](OCc2ccccc2)[C@H]1OCc1ccccc1. The molecule has 0 saturated carbocycles. The summed E-state index contributed by atoms with van der Waals surface area (Å²) in [6.07, 6.45) is -9.66. The molecule has 10 atom stereocenters. The van der Waals surface area contributed by atoms with Gasteiger partial charge in [0.25, 0.3) is 0 Å². The predicted octanol–water partition coefficient (Wildman–Crippen LogP) is 5.01. The average Bonchev–Trinajstić information content (AvgIpc) is 3.28. The molecule has 15 nitrogen and oxygen atoms in total. The Bertz CT molecular complexity index is 2020. The van der Waals surface area contributed by atoms with Gasteiger partial charge < -0.3 is 52.7 Å². The number of benzene rings is 4. The van der Waals surface area contributed by atoms with E-state index in [1.807, 2.05) is 97.1 Å². The minimum atomic E-state index is -1.39. The van der Waals surface area contributed by atoms with Crippen molar-refractivity contribution < 1.29 is 66.5 Å². The van der Waals surface area contributed by atoms with Crippen LogP contribution in [0.3, 0.4) is 0 Å². The first-order chi connectivity index (χ1) is 30.6. The van der Waals surface area contributed by atoms with Crippen LogP contribution in [0.25, 0.3) is 0 Å². The van der Waals surface area contributed by atoms with E-state index >= 15 is 0 Å². The summed E-state index contributed by atoms with van der Waals surface area (Å²) in [5.41, 5.74) is 3.44. The molecular weight excluding hydrogens is 815 g/mol. The van der Waals surface area contributed by atoms with Crippen molar-refractivity contribution in [3.05, 3.63) is 144 Å². The van der Waals surface area contributed by atoms with Crippen LogP contribution in [-0.2, 0) is 92.8 Å². The molecule has 2 heterocycles. The molecule has 1 N–H and O–H groups in total. The minimum Gasteiger partial charge on any atom is -0.463 e. The summed E-state index contributed by atoms with van der Waals surface area (Å²) in [7, 11) is 1.50. The molecule has 63 heavy (non-hydrogen) atoms. The first kappa shape index (κ1) is 47.0. The zero-order chi connectivity index (χ0) is 44.6. The minimum absolute atomic E-state index is 0.0482. The van der Waals surface area contributed by atoms with Crippen molar-refractivity contribution in [3.63, 3.8) is 0 Å². The zero-order valence-corrected chi connectivity index (χ0v) is 35.8. The van der Waals surface area contributed by atoms with E-state index in [1.54, 1.807) is 24.3 Å². The number of hydrogen-bond acceptors (Lipinski definition) is 14. The number of hydrogen-bond donors (Lipinski definition) is 1. The highest BCUT2D eigenvalue weighted by Gasteiger charge is 2.53. The van der Waals surface area contributed by atoms with Crippen molar-refractivity contribution in [1.29, 1.82) is 0 Å². The maximum absolute atomic E-state index is 13.7. The molecule has 0 bridgehead atoms. The van der Waals surface area contributed by atoms with Crippen molar-refractivity contribution in [1.82, 2.24) is 5.32 Å². The standard InChI is InChI=1S/C48H55NO14/c1-31(50)55-29-39-43(60-32(2)51)44(61-33(3)52)41(49-40(53)25-34-17-9-5-10-18-34)47(62-39)59-30-38-42(56-26-35-19-11-6-12-20-35)45(57-27-36-21-13-7-14-22-36)46(48(54-4)63-38)58-28-37-23-15-8-16-24-37/h5-24,38-39,41-48H,25-30H2,1-4H3,(H,49,53)/t38-,39-,41-,42-,43-,44-,45+,46-,47-,48+/m1/s1. The lowest BCUT2D eigenvalue weighted by molar-refractivity contribution is -0.335. The van der Waals surface area contributed by atoms with Gasteiger partial charge in [0.1, 0.15) is 43.2 Å². The Morgan fingerprint density at radius 1 is 0.492 bits per heavy atom. The van der Waals surface area contributed by atoms with Gasteiger partial charge in [-0.05, 0) is 22.3 Å². The van der Waals surface area contributed by atoms with Crippen LogP contribution in [0.15, 0.2) is 121 Å². The highest BCUT2D eigenvalue weighted by atomic mass is 16.7. The molecule has 4 aromatic carbocycles. The van der Waals surface area contributed by atoms with Crippen LogP contribution in [0.5, 0.6) is 0 Å². The number of nitrogens with one attached hydrogen (secondary N) is 1. The van der Waals surface area contributed by atoms with Gasteiger partial charge >= 0.3 is 17.9 Å². The molecule has 0 aromatic heterocycles. The summed E-state index contributed by atoms with van der Waals surface area (Å²) >= 11 is 0. The third kappa shape index (κ3) is 14.0. The Hall–Kier alpha value is -5.52. The molecule has 1 amide bonds. The van der Waals surface area contributed by atoms with Crippen LogP contribution in [0.2, 0.25) is 0 Å². The lowest BCUT2D eigenvalue weighted by atomic mass is 9.95. The van der Waals surface area contributed by atoms with Crippen molar-refractivity contribution in [2.45, 2.75) is 108 Å². The number of carbonyl (C=O) groups is 4. The second-order valence-corrected chi connectivity index (χ2v) is 15.1. The van der Waals surface area contributed by atoms with E-state index in [4.69, 9.17) is 47.4 Å². The van der Waals surface area contributed by atoms with Crippen molar-refractivity contribution in [2.75, 3.05) is 20.3 Å². The van der Waals surface area contributed by atoms with Crippen LogP contribution < -0.4 is 5.32 Å². The number of methoxy groups -OCH3 is 1. The Labute approximate surface area is 367 Å². The molecule has 2 aliphatic heterocycles. The highest BCUT2D eigenvalue weighted by Crippen LogP contribution is 2.33. The van der Waals surface area contributed by atoms with E-state index in [1.165, 1.54) is 27.9 Å². The van der Waals surface area contributed by atoms with E-state index in [9.17, 15) is 19.2 Å². The molecule has 4 aromatic rings. The van der Waals surface area contributed by atoms with Crippen molar-refractivity contribution in [3.8, 4) is 0 Å². The molecule has 2 aliphatic rings. The molecule has 6 rings (SSSR count). The molecule has 0 aliphatic carbocycles. The van der Waals surface area contributed by atoms with E-state index in [0.29, 0.717) is 5.56 Å². The fraction of sp³-hybridized carbons (Fsp3) is 0.417. The topological polar surface area (TPSA) is 173 Å². The summed E-state index contributed by atoms with van der Waals surface area (Å²) in [5, 5.41) is 2.91. The van der Waals surface area contributed by atoms with E-state index in [0.717, 1.165) is 16.7 Å². The number of carbonyl (C=O) groups excluding carboxylic acids is 4. The number of ether oxygens (including phenoxy) is 10. The van der Waals surface area contributed by atoms with Gasteiger partial charge in [0.15, 0.2) is 24.8 Å². The van der Waals surface area contributed by atoms with E-state index in [2.05, 4.69) is 5.32 Å².